The highest BCUT2D eigenvalue weighted by Crippen LogP contribution is 2.24. The van der Waals surface area contributed by atoms with E-state index in [1.807, 2.05) is 32.0 Å². The van der Waals surface area contributed by atoms with Crippen LogP contribution in [0.1, 0.15) is 27.0 Å². The molecule has 0 aromatic heterocycles. The second-order valence-electron chi connectivity index (χ2n) is 6.53. The van der Waals surface area contributed by atoms with E-state index in [-0.39, 0.29) is 12.5 Å². The van der Waals surface area contributed by atoms with Gasteiger partial charge in [0.05, 0.1) is 7.11 Å². The van der Waals surface area contributed by atoms with E-state index in [9.17, 15) is 9.18 Å². The van der Waals surface area contributed by atoms with Crippen molar-refractivity contribution in [2.45, 2.75) is 20.5 Å². The first kappa shape index (κ1) is 19.4. The number of hydrogen-bond acceptors (Lipinski definition) is 3. The maximum absolute atomic E-state index is 13.3. The number of amides is 1. The van der Waals surface area contributed by atoms with E-state index >= 15 is 0 Å². The molecule has 3 aromatic carbocycles. The van der Waals surface area contributed by atoms with Gasteiger partial charge in [0.25, 0.3) is 5.91 Å². The third kappa shape index (κ3) is 4.68. The number of halogens is 1. The second-order valence-corrected chi connectivity index (χ2v) is 6.53. The SMILES string of the molecule is COc1ccc(C(=O)Nc2cccc(F)c2)cc1COc1ccc(C)c(C)c1. The largest absolute Gasteiger partial charge is 0.496 e. The molecule has 3 rings (SSSR count). The lowest BCUT2D eigenvalue weighted by Crippen LogP contribution is -2.13. The molecule has 0 heterocycles. The third-order valence-corrected chi connectivity index (χ3v) is 4.50. The minimum atomic E-state index is -0.407. The summed E-state index contributed by atoms with van der Waals surface area (Å²) < 4.78 is 24.6. The highest BCUT2D eigenvalue weighted by Gasteiger charge is 2.12. The zero-order chi connectivity index (χ0) is 20.1. The normalized spacial score (nSPS) is 10.4. The van der Waals surface area contributed by atoms with Gasteiger partial charge in [-0.3, -0.25) is 4.79 Å². The average molecular weight is 379 g/mol. The number of carbonyl (C=O) groups excluding carboxylic acids is 1. The van der Waals surface area contributed by atoms with E-state index in [2.05, 4.69) is 5.32 Å². The summed E-state index contributed by atoms with van der Waals surface area (Å²) in [5, 5.41) is 2.69. The zero-order valence-electron chi connectivity index (χ0n) is 16.1. The van der Waals surface area contributed by atoms with E-state index in [4.69, 9.17) is 9.47 Å². The Hall–Kier alpha value is -3.34. The maximum atomic E-state index is 13.3. The molecule has 0 bridgehead atoms. The van der Waals surface area contributed by atoms with Crippen molar-refractivity contribution < 1.29 is 18.7 Å². The van der Waals surface area contributed by atoms with Gasteiger partial charge < -0.3 is 14.8 Å². The van der Waals surface area contributed by atoms with Gasteiger partial charge in [0.2, 0.25) is 0 Å². The molecule has 1 amide bonds. The molecule has 0 atom stereocenters. The lowest BCUT2D eigenvalue weighted by molar-refractivity contribution is 0.102. The lowest BCUT2D eigenvalue weighted by atomic mass is 10.1. The molecule has 0 unspecified atom stereocenters. The predicted molar refractivity (Wildman–Crippen MR) is 108 cm³/mol. The fourth-order valence-corrected chi connectivity index (χ4v) is 2.77. The molecule has 4 nitrogen and oxygen atoms in total. The van der Waals surface area contributed by atoms with Gasteiger partial charge in [0.1, 0.15) is 23.9 Å². The third-order valence-electron chi connectivity index (χ3n) is 4.50. The van der Waals surface area contributed by atoms with Crippen LogP contribution < -0.4 is 14.8 Å². The Kier molecular flexibility index (Phi) is 5.94. The monoisotopic (exact) mass is 379 g/mol. The Morgan fingerprint density at radius 1 is 1.00 bits per heavy atom. The van der Waals surface area contributed by atoms with Gasteiger partial charge in [-0.15, -0.1) is 0 Å². The first-order valence-electron chi connectivity index (χ1n) is 8.90. The Labute approximate surface area is 163 Å². The zero-order valence-corrected chi connectivity index (χ0v) is 16.1. The molecule has 0 aliphatic heterocycles. The van der Waals surface area contributed by atoms with Crippen LogP contribution in [0.25, 0.3) is 0 Å². The van der Waals surface area contributed by atoms with Crippen LogP contribution in [0.5, 0.6) is 11.5 Å². The summed E-state index contributed by atoms with van der Waals surface area (Å²) in [7, 11) is 1.57. The molecule has 0 fully saturated rings. The van der Waals surface area contributed by atoms with E-state index in [0.29, 0.717) is 17.0 Å². The van der Waals surface area contributed by atoms with Crippen molar-refractivity contribution in [1.29, 1.82) is 0 Å². The molecular weight excluding hydrogens is 357 g/mol. The van der Waals surface area contributed by atoms with E-state index in [1.165, 1.54) is 17.7 Å². The van der Waals surface area contributed by atoms with Gasteiger partial charge >= 0.3 is 0 Å². The minimum Gasteiger partial charge on any atom is -0.496 e. The highest BCUT2D eigenvalue weighted by atomic mass is 19.1. The van der Waals surface area contributed by atoms with Crippen molar-refractivity contribution in [3.8, 4) is 11.5 Å². The summed E-state index contributed by atoms with van der Waals surface area (Å²) >= 11 is 0. The minimum absolute atomic E-state index is 0.257. The van der Waals surface area contributed by atoms with Gasteiger partial charge in [0, 0.05) is 16.8 Å². The quantitative estimate of drug-likeness (QED) is 0.634. The number of ether oxygens (including phenoxy) is 2. The fraction of sp³-hybridized carbons (Fsp3) is 0.174. The number of methoxy groups -OCH3 is 1. The molecule has 0 aliphatic rings. The fourth-order valence-electron chi connectivity index (χ4n) is 2.77. The van der Waals surface area contributed by atoms with Crippen molar-refractivity contribution in [2.24, 2.45) is 0 Å². The number of hydrogen-bond donors (Lipinski definition) is 1. The standard InChI is InChI=1S/C23H22FNO3/c1-15-7-9-21(11-16(15)2)28-14-18-12-17(8-10-22(18)27-3)23(26)25-20-6-4-5-19(24)13-20/h4-13H,14H2,1-3H3,(H,25,26). The number of anilines is 1. The number of benzene rings is 3. The second kappa shape index (κ2) is 8.57. The average Bonchev–Trinajstić information content (AvgIpc) is 2.68. The molecule has 0 radical (unpaired) electrons. The van der Waals surface area contributed by atoms with E-state index < -0.39 is 5.82 Å². The Bertz CT molecular complexity index is 1000. The summed E-state index contributed by atoms with van der Waals surface area (Å²) in [4.78, 5) is 12.5. The van der Waals surface area contributed by atoms with Crippen LogP contribution in [0, 0.1) is 19.7 Å². The molecular formula is C23H22FNO3. The maximum Gasteiger partial charge on any atom is 0.255 e. The summed E-state index contributed by atoms with van der Waals surface area (Å²) in [5.74, 6) is 0.640. The number of carbonyl (C=O) groups is 1. The molecule has 3 aromatic rings. The predicted octanol–water partition coefficient (Wildman–Crippen LogP) is 5.28. The van der Waals surface area contributed by atoms with Gasteiger partial charge in [-0.1, -0.05) is 12.1 Å². The molecule has 0 aliphatic carbocycles. The first-order valence-corrected chi connectivity index (χ1v) is 8.90. The molecule has 5 heteroatoms. The number of nitrogens with one attached hydrogen (secondary N) is 1. The topological polar surface area (TPSA) is 47.6 Å². The Balaban J connectivity index is 1.77. The summed E-state index contributed by atoms with van der Waals surface area (Å²) in [6, 6.07) is 16.8. The van der Waals surface area contributed by atoms with Crippen LogP contribution in [0.2, 0.25) is 0 Å². The smallest absolute Gasteiger partial charge is 0.255 e. The van der Waals surface area contributed by atoms with Gasteiger partial charge in [-0.2, -0.15) is 0 Å². The van der Waals surface area contributed by atoms with Crippen molar-refractivity contribution in [1.82, 2.24) is 0 Å². The Morgan fingerprint density at radius 2 is 1.82 bits per heavy atom. The van der Waals surface area contributed by atoms with Crippen LogP contribution in [-0.4, -0.2) is 13.0 Å². The van der Waals surface area contributed by atoms with Crippen molar-refractivity contribution in [3.63, 3.8) is 0 Å². The van der Waals surface area contributed by atoms with E-state index in [1.54, 1.807) is 37.4 Å². The summed E-state index contributed by atoms with van der Waals surface area (Å²) in [5.41, 5.74) is 3.92. The van der Waals surface area contributed by atoms with Crippen molar-refractivity contribution in [2.75, 3.05) is 12.4 Å². The highest BCUT2D eigenvalue weighted by molar-refractivity contribution is 6.04. The van der Waals surface area contributed by atoms with Crippen molar-refractivity contribution in [3.05, 3.63) is 88.7 Å². The van der Waals surface area contributed by atoms with Gasteiger partial charge in [-0.25, -0.2) is 4.39 Å². The van der Waals surface area contributed by atoms with Crippen LogP contribution >= 0.6 is 0 Å². The van der Waals surface area contributed by atoms with Crippen LogP contribution in [0.4, 0.5) is 10.1 Å². The van der Waals surface area contributed by atoms with Gasteiger partial charge in [0.15, 0.2) is 0 Å². The van der Waals surface area contributed by atoms with E-state index in [0.717, 1.165) is 16.9 Å². The lowest BCUT2D eigenvalue weighted by Gasteiger charge is -2.13. The first-order chi connectivity index (χ1) is 13.5. The number of rotatable bonds is 6. The number of aryl methyl sites for hydroxylation is 2. The van der Waals surface area contributed by atoms with Crippen LogP contribution in [0.15, 0.2) is 60.7 Å². The van der Waals surface area contributed by atoms with Crippen LogP contribution in [0.3, 0.4) is 0 Å². The molecule has 144 valence electrons. The summed E-state index contributed by atoms with van der Waals surface area (Å²) in [6.45, 7) is 4.33. The van der Waals surface area contributed by atoms with Gasteiger partial charge in [-0.05, 0) is 73.5 Å². The Morgan fingerprint density at radius 3 is 2.54 bits per heavy atom. The molecule has 0 saturated carbocycles. The molecule has 0 saturated heterocycles. The molecule has 0 spiro atoms. The van der Waals surface area contributed by atoms with Crippen LogP contribution in [-0.2, 0) is 6.61 Å². The summed E-state index contributed by atoms with van der Waals surface area (Å²) in [6.07, 6.45) is 0. The molecule has 1 N–H and O–H groups in total. The molecule has 28 heavy (non-hydrogen) atoms. The van der Waals surface area contributed by atoms with Crippen molar-refractivity contribution >= 4 is 11.6 Å².